The number of esters is 1. The van der Waals surface area contributed by atoms with Crippen molar-refractivity contribution in [1.29, 1.82) is 0 Å². The summed E-state index contributed by atoms with van der Waals surface area (Å²) in [6.45, 7) is 5.96. The van der Waals surface area contributed by atoms with E-state index in [-0.39, 0.29) is 36.5 Å². The molecule has 2 aliphatic heterocycles. The number of carbonyl (C=O) groups excluding carboxylic acids is 4. The number of fused-ring (bicyclic) bond motifs is 3. The van der Waals surface area contributed by atoms with Crippen LogP contribution in [0.25, 0.3) is 0 Å². The van der Waals surface area contributed by atoms with Crippen LogP contribution in [0.4, 0.5) is 5.69 Å². The van der Waals surface area contributed by atoms with Crippen LogP contribution in [-0.4, -0.2) is 40.0 Å². The predicted octanol–water partition coefficient (Wildman–Crippen LogP) is 4.26. The zero-order valence-corrected chi connectivity index (χ0v) is 20.3. The SMILES string of the molecule is CC1(C)[C@@]2(C)CC[C@]1(C(=O)N1C(=O)c3ccccc3[C@@H]1CC(=O)c1ccc([N+](=O)[O-])cc1)C(=O)OC2. The number of hydrogen-bond donors (Lipinski definition) is 0. The molecular formula is C27H26N2O7. The predicted molar refractivity (Wildman–Crippen MR) is 127 cm³/mol. The monoisotopic (exact) mass is 490 g/mol. The number of cyclic esters (lactones) is 1. The second kappa shape index (κ2) is 7.81. The van der Waals surface area contributed by atoms with Crippen molar-refractivity contribution in [1.82, 2.24) is 4.90 Å². The lowest BCUT2D eigenvalue weighted by molar-refractivity contribution is -0.384. The van der Waals surface area contributed by atoms with Crippen molar-refractivity contribution in [3.63, 3.8) is 0 Å². The number of rotatable bonds is 5. The van der Waals surface area contributed by atoms with Gasteiger partial charge in [0.05, 0.1) is 17.6 Å². The first-order valence-corrected chi connectivity index (χ1v) is 11.9. The minimum absolute atomic E-state index is 0.147. The highest BCUT2D eigenvalue weighted by molar-refractivity contribution is 6.16. The van der Waals surface area contributed by atoms with Gasteiger partial charge in [-0.3, -0.25) is 34.2 Å². The number of ether oxygens (including phenoxy) is 1. The fraction of sp³-hybridized carbons (Fsp3) is 0.407. The number of amides is 2. The van der Waals surface area contributed by atoms with E-state index >= 15 is 0 Å². The minimum Gasteiger partial charge on any atom is -0.464 e. The number of imide groups is 1. The van der Waals surface area contributed by atoms with Crippen LogP contribution in [-0.2, 0) is 14.3 Å². The summed E-state index contributed by atoms with van der Waals surface area (Å²) < 4.78 is 5.50. The molecule has 3 aliphatic rings. The molecule has 36 heavy (non-hydrogen) atoms. The van der Waals surface area contributed by atoms with Crippen molar-refractivity contribution in [2.75, 3.05) is 6.61 Å². The van der Waals surface area contributed by atoms with Gasteiger partial charge in [0.1, 0.15) is 0 Å². The summed E-state index contributed by atoms with van der Waals surface area (Å²) in [5.74, 6) is -2.19. The summed E-state index contributed by atoms with van der Waals surface area (Å²) in [6.07, 6.45) is 0.644. The number of non-ortho nitro benzene ring substituents is 1. The molecule has 0 unspecified atom stereocenters. The molecule has 5 rings (SSSR count). The molecule has 9 nitrogen and oxygen atoms in total. The highest BCUT2D eigenvalue weighted by Crippen LogP contribution is 2.66. The van der Waals surface area contributed by atoms with Gasteiger partial charge < -0.3 is 4.74 Å². The van der Waals surface area contributed by atoms with Gasteiger partial charge in [0.25, 0.3) is 11.6 Å². The Morgan fingerprint density at radius 2 is 1.72 bits per heavy atom. The quantitative estimate of drug-likeness (QED) is 0.153. The lowest BCUT2D eigenvalue weighted by atomic mass is 9.57. The van der Waals surface area contributed by atoms with Gasteiger partial charge in [-0.15, -0.1) is 0 Å². The molecule has 2 heterocycles. The Hall–Kier alpha value is -3.88. The molecule has 3 atom stereocenters. The second-order valence-electron chi connectivity index (χ2n) is 10.7. The van der Waals surface area contributed by atoms with E-state index < -0.39 is 45.0 Å². The van der Waals surface area contributed by atoms with Crippen molar-refractivity contribution in [2.45, 2.75) is 46.1 Å². The number of nitro benzene ring substituents is 1. The Balaban J connectivity index is 1.54. The maximum atomic E-state index is 14.3. The van der Waals surface area contributed by atoms with Crippen LogP contribution >= 0.6 is 0 Å². The van der Waals surface area contributed by atoms with Crippen LogP contribution in [0.15, 0.2) is 48.5 Å². The highest BCUT2D eigenvalue weighted by atomic mass is 16.6. The summed E-state index contributed by atoms with van der Waals surface area (Å²) in [6, 6.07) is 11.0. The van der Waals surface area contributed by atoms with Gasteiger partial charge in [0, 0.05) is 35.1 Å². The van der Waals surface area contributed by atoms with Gasteiger partial charge in [0.2, 0.25) is 5.91 Å². The number of nitrogens with zero attached hydrogens (tertiary/aromatic N) is 2. The molecule has 2 aromatic carbocycles. The Morgan fingerprint density at radius 3 is 2.39 bits per heavy atom. The molecular weight excluding hydrogens is 464 g/mol. The first kappa shape index (κ1) is 23.8. The van der Waals surface area contributed by atoms with E-state index in [0.717, 1.165) is 4.90 Å². The third-order valence-electron chi connectivity index (χ3n) is 8.94. The largest absolute Gasteiger partial charge is 0.464 e. The molecule has 1 saturated carbocycles. The molecule has 1 aliphatic carbocycles. The molecule has 0 spiro atoms. The highest BCUT2D eigenvalue weighted by Gasteiger charge is 2.73. The van der Waals surface area contributed by atoms with Gasteiger partial charge >= 0.3 is 5.97 Å². The maximum Gasteiger partial charge on any atom is 0.322 e. The first-order valence-electron chi connectivity index (χ1n) is 11.9. The summed E-state index contributed by atoms with van der Waals surface area (Å²) in [5.41, 5.74) is -1.80. The van der Waals surface area contributed by atoms with Crippen molar-refractivity contribution < 1.29 is 28.8 Å². The van der Waals surface area contributed by atoms with E-state index in [4.69, 9.17) is 4.74 Å². The molecule has 1 saturated heterocycles. The molecule has 186 valence electrons. The van der Waals surface area contributed by atoms with Gasteiger partial charge in [-0.2, -0.15) is 0 Å². The van der Waals surface area contributed by atoms with Gasteiger partial charge in [-0.25, -0.2) is 0 Å². The molecule has 2 bridgehead atoms. The standard InChI is InChI=1S/C27H26N2O7/c1-25(2)26(3)12-13-27(25,24(33)36-15-26)23(32)28-20(18-6-4-5-7-19(18)22(28)31)14-21(30)16-8-10-17(11-9-16)29(34)35/h4-11,20H,12-15H2,1-3H3/t20-,26-,27-/m0/s1. The van der Waals surface area contributed by atoms with Crippen molar-refractivity contribution in [3.8, 4) is 0 Å². The average molecular weight is 491 g/mol. The molecule has 0 N–H and O–H groups in total. The maximum absolute atomic E-state index is 14.3. The number of hydrogen-bond acceptors (Lipinski definition) is 7. The molecule has 9 heteroatoms. The fourth-order valence-electron chi connectivity index (χ4n) is 6.12. The summed E-state index contributed by atoms with van der Waals surface area (Å²) in [4.78, 5) is 65.8. The Labute approximate surface area is 207 Å². The molecule has 2 fully saturated rings. The van der Waals surface area contributed by atoms with E-state index in [0.29, 0.717) is 17.5 Å². The third-order valence-corrected chi connectivity index (χ3v) is 8.94. The van der Waals surface area contributed by atoms with Crippen LogP contribution in [0, 0.1) is 26.4 Å². The van der Waals surface area contributed by atoms with Gasteiger partial charge in [-0.1, -0.05) is 39.0 Å². The van der Waals surface area contributed by atoms with Crippen molar-refractivity contribution in [2.24, 2.45) is 16.2 Å². The Bertz CT molecular complexity index is 1330. The van der Waals surface area contributed by atoms with Crippen LogP contribution in [0.1, 0.15) is 72.4 Å². The smallest absolute Gasteiger partial charge is 0.322 e. The lowest BCUT2D eigenvalue weighted by Crippen LogP contribution is -2.61. The second-order valence-corrected chi connectivity index (χ2v) is 10.7. The summed E-state index contributed by atoms with van der Waals surface area (Å²) >= 11 is 0. The molecule has 2 aromatic rings. The molecule has 0 aromatic heterocycles. The molecule has 2 amide bonds. The summed E-state index contributed by atoms with van der Waals surface area (Å²) in [5, 5.41) is 11.0. The summed E-state index contributed by atoms with van der Waals surface area (Å²) in [7, 11) is 0. The number of Topliss-reactive ketones (excluding diaryl/α,β-unsaturated/α-hetero) is 1. The van der Waals surface area contributed by atoms with E-state index in [1.54, 1.807) is 24.3 Å². The topological polar surface area (TPSA) is 124 Å². The number of benzene rings is 2. The number of carbonyl (C=O) groups is 4. The van der Waals surface area contributed by atoms with Crippen LogP contribution in [0.3, 0.4) is 0 Å². The zero-order valence-electron chi connectivity index (χ0n) is 20.3. The lowest BCUT2D eigenvalue weighted by Gasteiger charge is -2.50. The molecule has 0 radical (unpaired) electrons. The zero-order chi connectivity index (χ0) is 26.0. The number of ketones is 1. The van der Waals surface area contributed by atoms with E-state index in [1.165, 1.54) is 24.3 Å². The normalized spacial score (nSPS) is 28.0. The van der Waals surface area contributed by atoms with Crippen molar-refractivity contribution >= 4 is 29.3 Å². The van der Waals surface area contributed by atoms with Crippen LogP contribution in [0.2, 0.25) is 0 Å². The van der Waals surface area contributed by atoms with E-state index in [1.807, 2.05) is 20.8 Å². The Morgan fingerprint density at radius 1 is 1.06 bits per heavy atom. The third kappa shape index (κ3) is 3.01. The van der Waals surface area contributed by atoms with Crippen molar-refractivity contribution in [3.05, 3.63) is 75.3 Å². The van der Waals surface area contributed by atoms with E-state index in [2.05, 4.69) is 0 Å². The van der Waals surface area contributed by atoms with Gasteiger partial charge in [-0.05, 0) is 42.0 Å². The van der Waals surface area contributed by atoms with Crippen LogP contribution < -0.4 is 0 Å². The first-order chi connectivity index (χ1) is 16.9. The van der Waals surface area contributed by atoms with Gasteiger partial charge in [0.15, 0.2) is 11.2 Å². The fourth-order valence-corrected chi connectivity index (χ4v) is 6.12. The van der Waals surface area contributed by atoms with E-state index in [9.17, 15) is 29.3 Å². The Kier molecular flexibility index (Phi) is 5.17. The minimum atomic E-state index is -1.54. The average Bonchev–Trinajstić information content (AvgIpc) is 3.17. The number of nitro groups is 1. The van der Waals surface area contributed by atoms with Crippen LogP contribution in [0.5, 0.6) is 0 Å².